The minimum absolute atomic E-state index is 0.0364. The highest BCUT2D eigenvalue weighted by molar-refractivity contribution is 5.95. The zero-order valence-corrected chi connectivity index (χ0v) is 16.6. The summed E-state index contributed by atoms with van der Waals surface area (Å²) in [7, 11) is 0. The number of hydrogen-bond acceptors (Lipinski definition) is 5. The van der Waals surface area contributed by atoms with E-state index in [0.29, 0.717) is 49.9 Å². The number of aryl methyl sites for hydroxylation is 1. The number of nitrogens with zero attached hydrogens (tertiary/aromatic N) is 4. The van der Waals surface area contributed by atoms with Gasteiger partial charge in [-0.05, 0) is 39.2 Å². The maximum atomic E-state index is 12.7. The number of nitro benzene ring substituents is 1. The predicted octanol–water partition coefficient (Wildman–Crippen LogP) is 2.06. The van der Waals surface area contributed by atoms with E-state index in [2.05, 4.69) is 11.8 Å². The summed E-state index contributed by atoms with van der Waals surface area (Å²) in [4.78, 5) is 41.7. The first-order valence-electron chi connectivity index (χ1n) is 9.93. The Morgan fingerprint density at radius 1 is 1.14 bits per heavy atom. The Morgan fingerprint density at radius 2 is 1.86 bits per heavy atom. The third-order valence-corrected chi connectivity index (χ3v) is 5.79. The minimum atomic E-state index is -0.461. The molecular weight excluding hydrogens is 360 g/mol. The highest BCUT2D eigenvalue weighted by Gasteiger charge is 2.28. The summed E-state index contributed by atoms with van der Waals surface area (Å²) in [5.74, 6) is -0.0279. The van der Waals surface area contributed by atoms with Crippen LogP contribution in [-0.4, -0.2) is 76.7 Å². The first kappa shape index (κ1) is 20.3. The standard InChI is InChI=1S/C20H28N4O4/c1-15-6-7-17(13-18(15)24(27)28)20(26)22-11-9-21(10-12-22)14-19(25)23-8-4-3-5-16(23)2/h6-7,13,16H,3-5,8-12,14H2,1-2H3. The summed E-state index contributed by atoms with van der Waals surface area (Å²) in [5.41, 5.74) is 0.839. The molecule has 2 aliphatic rings. The monoisotopic (exact) mass is 388 g/mol. The van der Waals surface area contributed by atoms with Gasteiger partial charge in [-0.2, -0.15) is 0 Å². The highest BCUT2D eigenvalue weighted by Crippen LogP contribution is 2.21. The van der Waals surface area contributed by atoms with E-state index in [9.17, 15) is 19.7 Å². The van der Waals surface area contributed by atoms with Gasteiger partial charge in [-0.15, -0.1) is 0 Å². The van der Waals surface area contributed by atoms with Crippen molar-refractivity contribution in [1.29, 1.82) is 0 Å². The Hall–Kier alpha value is -2.48. The molecule has 0 N–H and O–H groups in total. The first-order valence-corrected chi connectivity index (χ1v) is 9.93. The Kier molecular flexibility index (Phi) is 6.28. The molecule has 1 aromatic carbocycles. The molecule has 28 heavy (non-hydrogen) atoms. The van der Waals surface area contributed by atoms with Crippen LogP contribution in [-0.2, 0) is 4.79 Å². The lowest BCUT2D eigenvalue weighted by atomic mass is 10.0. The number of carbonyl (C=O) groups excluding carboxylic acids is 2. The molecule has 1 unspecified atom stereocenters. The molecule has 2 saturated heterocycles. The van der Waals surface area contributed by atoms with Crippen molar-refractivity contribution in [1.82, 2.24) is 14.7 Å². The number of piperazine rings is 1. The number of rotatable bonds is 4. The molecule has 3 rings (SSSR count). The average Bonchev–Trinajstić information content (AvgIpc) is 2.68. The third-order valence-electron chi connectivity index (χ3n) is 5.79. The Morgan fingerprint density at radius 3 is 2.50 bits per heavy atom. The van der Waals surface area contributed by atoms with Gasteiger partial charge >= 0.3 is 0 Å². The number of carbonyl (C=O) groups is 2. The van der Waals surface area contributed by atoms with Crippen molar-refractivity contribution in [2.45, 2.75) is 39.2 Å². The van der Waals surface area contributed by atoms with Gasteiger partial charge in [0.2, 0.25) is 5.91 Å². The summed E-state index contributed by atoms with van der Waals surface area (Å²) in [6, 6.07) is 4.91. The maximum Gasteiger partial charge on any atom is 0.273 e. The van der Waals surface area contributed by atoms with Crippen molar-refractivity contribution in [2.24, 2.45) is 0 Å². The van der Waals surface area contributed by atoms with Crippen molar-refractivity contribution in [3.8, 4) is 0 Å². The lowest BCUT2D eigenvalue weighted by Crippen LogP contribution is -2.53. The molecule has 1 aromatic rings. The number of hydrogen-bond donors (Lipinski definition) is 0. The van der Waals surface area contributed by atoms with Crippen LogP contribution < -0.4 is 0 Å². The first-order chi connectivity index (χ1) is 13.4. The van der Waals surface area contributed by atoms with Gasteiger partial charge in [-0.1, -0.05) is 6.07 Å². The van der Waals surface area contributed by atoms with Crippen LogP contribution in [0.2, 0.25) is 0 Å². The number of likely N-dealkylation sites (tertiary alicyclic amines) is 1. The van der Waals surface area contributed by atoms with Crippen molar-refractivity contribution in [3.63, 3.8) is 0 Å². The van der Waals surface area contributed by atoms with Crippen LogP contribution in [0.3, 0.4) is 0 Å². The predicted molar refractivity (Wildman–Crippen MR) is 105 cm³/mol. The fraction of sp³-hybridized carbons (Fsp3) is 0.600. The van der Waals surface area contributed by atoms with Crippen LogP contribution in [0.4, 0.5) is 5.69 Å². The molecule has 0 bridgehead atoms. The summed E-state index contributed by atoms with van der Waals surface area (Å²) in [6.07, 6.45) is 3.32. The van der Waals surface area contributed by atoms with Gasteiger partial charge in [0.15, 0.2) is 0 Å². The normalized spacial score (nSPS) is 20.9. The van der Waals surface area contributed by atoms with Gasteiger partial charge in [-0.3, -0.25) is 24.6 Å². The van der Waals surface area contributed by atoms with Crippen molar-refractivity contribution < 1.29 is 14.5 Å². The molecule has 2 aliphatic heterocycles. The Balaban J connectivity index is 1.55. The van der Waals surface area contributed by atoms with E-state index in [-0.39, 0.29) is 17.5 Å². The SMILES string of the molecule is Cc1ccc(C(=O)N2CCN(CC(=O)N3CCCCC3C)CC2)cc1[N+](=O)[O-]. The molecule has 0 aromatic heterocycles. The molecule has 1 atom stereocenters. The van der Waals surface area contributed by atoms with E-state index in [1.54, 1.807) is 24.0 Å². The second-order valence-electron chi connectivity index (χ2n) is 7.76. The van der Waals surface area contributed by atoms with E-state index in [4.69, 9.17) is 0 Å². The second kappa shape index (κ2) is 8.68. The lowest BCUT2D eigenvalue weighted by molar-refractivity contribution is -0.385. The third kappa shape index (κ3) is 4.49. The van der Waals surface area contributed by atoms with Gasteiger partial charge in [0.05, 0.1) is 11.5 Å². The minimum Gasteiger partial charge on any atom is -0.339 e. The molecule has 152 valence electrons. The van der Waals surface area contributed by atoms with Crippen LogP contribution in [0.5, 0.6) is 0 Å². The molecule has 2 amide bonds. The largest absolute Gasteiger partial charge is 0.339 e. The number of benzene rings is 1. The van der Waals surface area contributed by atoms with Gasteiger partial charge in [0.25, 0.3) is 11.6 Å². The molecular formula is C20H28N4O4. The zero-order chi connectivity index (χ0) is 20.3. The average molecular weight is 388 g/mol. The zero-order valence-electron chi connectivity index (χ0n) is 16.6. The molecule has 0 saturated carbocycles. The van der Waals surface area contributed by atoms with E-state index in [1.165, 1.54) is 12.5 Å². The molecule has 8 nitrogen and oxygen atoms in total. The van der Waals surface area contributed by atoms with Gasteiger partial charge in [0, 0.05) is 56.0 Å². The van der Waals surface area contributed by atoms with Crippen LogP contribution in [0.1, 0.15) is 42.1 Å². The molecule has 2 fully saturated rings. The lowest BCUT2D eigenvalue weighted by Gasteiger charge is -2.38. The smallest absolute Gasteiger partial charge is 0.273 e. The molecule has 2 heterocycles. The molecule has 0 aliphatic carbocycles. The highest BCUT2D eigenvalue weighted by atomic mass is 16.6. The topological polar surface area (TPSA) is 87.0 Å². The number of piperidine rings is 1. The van der Waals surface area contributed by atoms with E-state index in [1.807, 2.05) is 4.90 Å². The Labute approximate surface area is 165 Å². The summed E-state index contributed by atoms with van der Waals surface area (Å²) in [6.45, 7) is 7.29. The summed E-state index contributed by atoms with van der Waals surface area (Å²) >= 11 is 0. The second-order valence-corrected chi connectivity index (χ2v) is 7.76. The van der Waals surface area contributed by atoms with Crippen LogP contribution >= 0.6 is 0 Å². The Bertz CT molecular complexity index is 759. The van der Waals surface area contributed by atoms with E-state index < -0.39 is 4.92 Å². The molecule has 0 spiro atoms. The maximum absolute atomic E-state index is 12.7. The van der Waals surface area contributed by atoms with Crippen molar-refractivity contribution in [3.05, 3.63) is 39.4 Å². The van der Waals surface area contributed by atoms with Crippen LogP contribution in [0.25, 0.3) is 0 Å². The molecule has 0 radical (unpaired) electrons. The van der Waals surface area contributed by atoms with Gasteiger partial charge in [0.1, 0.15) is 0 Å². The van der Waals surface area contributed by atoms with E-state index >= 15 is 0 Å². The van der Waals surface area contributed by atoms with E-state index in [0.717, 1.165) is 19.4 Å². The number of nitro groups is 1. The van der Waals surface area contributed by atoms with Crippen molar-refractivity contribution >= 4 is 17.5 Å². The fourth-order valence-electron chi connectivity index (χ4n) is 3.98. The van der Waals surface area contributed by atoms with Gasteiger partial charge in [-0.25, -0.2) is 0 Å². The van der Waals surface area contributed by atoms with Gasteiger partial charge < -0.3 is 9.80 Å². The van der Waals surface area contributed by atoms with Crippen LogP contribution in [0, 0.1) is 17.0 Å². The van der Waals surface area contributed by atoms with Crippen LogP contribution in [0.15, 0.2) is 18.2 Å². The fourth-order valence-corrected chi connectivity index (χ4v) is 3.98. The summed E-state index contributed by atoms with van der Waals surface area (Å²) < 4.78 is 0. The number of amides is 2. The van der Waals surface area contributed by atoms with Crippen molar-refractivity contribution in [2.75, 3.05) is 39.3 Å². The summed E-state index contributed by atoms with van der Waals surface area (Å²) in [5, 5.41) is 11.1. The quantitative estimate of drug-likeness (QED) is 0.582. The molecule has 8 heteroatoms.